The summed E-state index contributed by atoms with van der Waals surface area (Å²) < 4.78 is 34.1. The fraction of sp³-hybridized carbons (Fsp3) is 0.292. The van der Waals surface area contributed by atoms with Crippen LogP contribution in [0.2, 0.25) is 0 Å². The third-order valence-electron chi connectivity index (χ3n) is 6.01. The van der Waals surface area contributed by atoms with Gasteiger partial charge in [0.05, 0.1) is 16.3 Å². The van der Waals surface area contributed by atoms with Crippen LogP contribution < -0.4 is 19.3 Å². The largest absolute Gasteiger partial charge is 0.482 e. The predicted octanol–water partition coefficient (Wildman–Crippen LogP) is 3.66. The predicted molar refractivity (Wildman–Crippen MR) is 135 cm³/mol. The number of nitrogens with zero attached hydrogens (tertiary/aromatic N) is 3. The number of amides is 2. The zero-order valence-corrected chi connectivity index (χ0v) is 20.9. The van der Waals surface area contributed by atoms with E-state index >= 15 is 0 Å². The molecule has 0 fully saturated rings. The van der Waals surface area contributed by atoms with Crippen LogP contribution in [-0.4, -0.2) is 44.9 Å². The first-order valence-electron chi connectivity index (χ1n) is 11.2. The number of carbonyl (C=O) groups is 2. The summed E-state index contributed by atoms with van der Waals surface area (Å²) in [6.45, 7) is 4.66. The standard InChI is InChI=1S/C24H24N4O5S2/c1-3-9-28-21-12-16(4-7-22(21)33-13-23(28)30)19-14-34-24(25-19)26-35(31,32)18-5-6-20-17(11-18)8-10-27(20)15(2)29/h4-7,11-12,14H,3,8-10,13H2,1-2H3,(H,25,26). The van der Waals surface area contributed by atoms with E-state index in [1.54, 1.807) is 33.4 Å². The fourth-order valence-electron chi connectivity index (χ4n) is 4.33. The van der Waals surface area contributed by atoms with Gasteiger partial charge in [0, 0.05) is 36.6 Å². The quantitative estimate of drug-likeness (QED) is 0.540. The van der Waals surface area contributed by atoms with E-state index in [0.717, 1.165) is 23.2 Å². The Hall–Kier alpha value is -3.44. The molecule has 0 radical (unpaired) electrons. The molecular formula is C24H24N4O5S2. The van der Waals surface area contributed by atoms with Gasteiger partial charge in [-0.3, -0.25) is 14.3 Å². The molecule has 0 atom stereocenters. The molecule has 182 valence electrons. The van der Waals surface area contributed by atoms with E-state index in [9.17, 15) is 18.0 Å². The van der Waals surface area contributed by atoms with Gasteiger partial charge in [0.2, 0.25) is 5.91 Å². The maximum atomic E-state index is 13.0. The molecule has 11 heteroatoms. The Morgan fingerprint density at radius 3 is 2.80 bits per heavy atom. The monoisotopic (exact) mass is 512 g/mol. The molecule has 3 heterocycles. The summed E-state index contributed by atoms with van der Waals surface area (Å²) in [5, 5.41) is 2.00. The van der Waals surface area contributed by atoms with E-state index in [-0.39, 0.29) is 28.4 Å². The van der Waals surface area contributed by atoms with Crippen LogP contribution in [0.1, 0.15) is 25.8 Å². The number of rotatable bonds is 6. The molecule has 9 nitrogen and oxygen atoms in total. The average Bonchev–Trinajstić information content (AvgIpc) is 3.47. The Morgan fingerprint density at radius 1 is 1.20 bits per heavy atom. The molecule has 2 aliphatic heterocycles. The molecule has 3 aromatic rings. The van der Waals surface area contributed by atoms with Crippen molar-refractivity contribution in [3.05, 3.63) is 47.3 Å². The van der Waals surface area contributed by atoms with Crippen molar-refractivity contribution in [1.29, 1.82) is 0 Å². The van der Waals surface area contributed by atoms with Crippen molar-refractivity contribution < 1.29 is 22.7 Å². The van der Waals surface area contributed by atoms with Gasteiger partial charge in [-0.2, -0.15) is 0 Å². The van der Waals surface area contributed by atoms with Crippen LogP contribution in [-0.2, 0) is 26.0 Å². The fourth-order valence-corrected chi connectivity index (χ4v) is 6.35. The van der Waals surface area contributed by atoms with Gasteiger partial charge in [-0.25, -0.2) is 13.4 Å². The number of fused-ring (bicyclic) bond motifs is 2. The van der Waals surface area contributed by atoms with Crippen molar-refractivity contribution in [2.24, 2.45) is 0 Å². The van der Waals surface area contributed by atoms with Crippen LogP contribution in [0.15, 0.2) is 46.7 Å². The minimum Gasteiger partial charge on any atom is -0.482 e. The molecule has 0 bridgehead atoms. The second-order valence-electron chi connectivity index (χ2n) is 8.37. The second-order valence-corrected chi connectivity index (χ2v) is 10.9. The van der Waals surface area contributed by atoms with Gasteiger partial charge in [-0.1, -0.05) is 6.92 Å². The van der Waals surface area contributed by atoms with E-state index in [1.807, 2.05) is 19.1 Å². The highest BCUT2D eigenvalue weighted by atomic mass is 32.2. The molecule has 5 rings (SSSR count). The lowest BCUT2D eigenvalue weighted by molar-refractivity contribution is -0.121. The molecule has 1 aromatic heterocycles. The minimum absolute atomic E-state index is 0.0183. The van der Waals surface area contributed by atoms with Crippen molar-refractivity contribution in [2.45, 2.75) is 31.6 Å². The van der Waals surface area contributed by atoms with Gasteiger partial charge in [0.1, 0.15) is 5.75 Å². The summed E-state index contributed by atoms with van der Waals surface area (Å²) in [5.74, 6) is 0.477. The summed E-state index contributed by atoms with van der Waals surface area (Å²) in [7, 11) is -3.86. The minimum atomic E-state index is -3.86. The van der Waals surface area contributed by atoms with Gasteiger partial charge in [-0.05, 0) is 54.8 Å². The Labute approximate surface area is 207 Å². The van der Waals surface area contributed by atoms with Crippen LogP contribution in [0.4, 0.5) is 16.5 Å². The first-order chi connectivity index (χ1) is 16.8. The highest BCUT2D eigenvalue weighted by molar-refractivity contribution is 7.93. The van der Waals surface area contributed by atoms with Crippen LogP contribution >= 0.6 is 11.3 Å². The summed E-state index contributed by atoms with van der Waals surface area (Å²) in [6.07, 6.45) is 1.42. The topological polar surface area (TPSA) is 109 Å². The maximum Gasteiger partial charge on any atom is 0.265 e. The maximum absolute atomic E-state index is 13.0. The van der Waals surface area contributed by atoms with Gasteiger partial charge in [0.15, 0.2) is 11.7 Å². The lowest BCUT2D eigenvalue weighted by atomic mass is 10.1. The zero-order valence-electron chi connectivity index (χ0n) is 19.3. The number of hydrogen-bond donors (Lipinski definition) is 1. The molecule has 0 unspecified atom stereocenters. The zero-order chi connectivity index (χ0) is 24.7. The van der Waals surface area contributed by atoms with E-state index in [1.165, 1.54) is 24.3 Å². The first kappa shape index (κ1) is 23.3. The number of benzene rings is 2. The van der Waals surface area contributed by atoms with E-state index in [4.69, 9.17) is 4.74 Å². The molecule has 0 aliphatic carbocycles. The van der Waals surface area contributed by atoms with Crippen LogP contribution in [0.25, 0.3) is 11.3 Å². The van der Waals surface area contributed by atoms with Crippen molar-refractivity contribution >= 4 is 49.7 Å². The number of aromatic nitrogens is 1. The third kappa shape index (κ3) is 4.37. The number of thiazole rings is 1. The number of sulfonamides is 1. The van der Waals surface area contributed by atoms with E-state index < -0.39 is 10.0 Å². The molecular weight excluding hydrogens is 488 g/mol. The molecule has 2 aliphatic rings. The lowest BCUT2D eigenvalue weighted by Gasteiger charge is -2.29. The normalized spacial score (nSPS) is 15.0. The first-order valence-corrected chi connectivity index (χ1v) is 13.6. The molecule has 2 aromatic carbocycles. The number of ether oxygens (including phenoxy) is 1. The molecule has 35 heavy (non-hydrogen) atoms. The SMILES string of the molecule is CCCN1C(=O)COc2ccc(-c3csc(NS(=O)(=O)c4ccc5c(c4)CCN5C(C)=O)n3)cc21. The number of hydrogen-bond acceptors (Lipinski definition) is 7. The summed E-state index contributed by atoms with van der Waals surface area (Å²) >= 11 is 1.18. The number of anilines is 3. The Kier molecular flexibility index (Phi) is 5.97. The molecule has 0 saturated carbocycles. The number of carbonyl (C=O) groups excluding carboxylic acids is 2. The highest BCUT2D eigenvalue weighted by Gasteiger charge is 2.27. The van der Waals surface area contributed by atoms with Crippen molar-refractivity contribution in [3.8, 4) is 17.0 Å². The van der Waals surface area contributed by atoms with Gasteiger partial charge in [-0.15, -0.1) is 11.3 Å². The third-order valence-corrected chi connectivity index (χ3v) is 8.23. The van der Waals surface area contributed by atoms with E-state index in [2.05, 4.69) is 9.71 Å². The molecule has 2 amide bonds. The van der Waals surface area contributed by atoms with Gasteiger partial charge >= 0.3 is 0 Å². The Bertz CT molecular complexity index is 1430. The van der Waals surface area contributed by atoms with Crippen molar-refractivity contribution in [1.82, 2.24) is 4.98 Å². The van der Waals surface area contributed by atoms with Gasteiger partial charge < -0.3 is 14.5 Å². The summed E-state index contributed by atoms with van der Waals surface area (Å²) in [6, 6.07) is 10.3. The van der Waals surface area contributed by atoms with Gasteiger partial charge in [0.25, 0.3) is 15.9 Å². The molecule has 0 spiro atoms. The Balaban J connectivity index is 1.38. The lowest BCUT2D eigenvalue weighted by Crippen LogP contribution is -2.39. The summed E-state index contributed by atoms with van der Waals surface area (Å²) in [4.78, 5) is 32.0. The average molecular weight is 513 g/mol. The smallest absolute Gasteiger partial charge is 0.265 e. The molecule has 1 N–H and O–H groups in total. The van der Waals surface area contributed by atoms with Crippen LogP contribution in [0, 0.1) is 0 Å². The highest BCUT2D eigenvalue weighted by Crippen LogP contribution is 2.37. The second kappa shape index (κ2) is 8.97. The van der Waals surface area contributed by atoms with Crippen molar-refractivity contribution in [3.63, 3.8) is 0 Å². The summed E-state index contributed by atoms with van der Waals surface area (Å²) in [5.41, 5.74) is 3.61. The molecule has 0 saturated heterocycles. The van der Waals surface area contributed by atoms with Crippen LogP contribution in [0.5, 0.6) is 5.75 Å². The number of nitrogens with one attached hydrogen (secondary N) is 1. The van der Waals surface area contributed by atoms with E-state index in [0.29, 0.717) is 36.6 Å². The van der Waals surface area contributed by atoms with Crippen molar-refractivity contribution in [2.75, 3.05) is 34.2 Å². The Morgan fingerprint density at radius 2 is 2.03 bits per heavy atom. The van der Waals surface area contributed by atoms with Crippen LogP contribution in [0.3, 0.4) is 0 Å².